The number of carbonyl (C=O) groups excluding carboxylic acids is 1. The van der Waals surface area contributed by atoms with Gasteiger partial charge in [-0.25, -0.2) is 4.79 Å². The van der Waals surface area contributed by atoms with Gasteiger partial charge in [0.05, 0.1) is 18.5 Å². The number of para-hydroxylation sites is 1. The molecule has 2 aromatic rings. The molecule has 0 aliphatic rings. The zero-order valence-electron chi connectivity index (χ0n) is 13.8. The van der Waals surface area contributed by atoms with Crippen molar-refractivity contribution in [1.82, 2.24) is 0 Å². The molecule has 0 heterocycles. The number of benzene rings is 2. The zero-order valence-corrected chi connectivity index (χ0v) is 15.4. The van der Waals surface area contributed by atoms with E-state index in [1.165, 1.54) is 12.0 Å². The van der Waals surface area contributed by atoms with Gasteiger partial charge in [0.2, 0.25) is 0 Å². The van der Waals surface area contributed by atoms with Crippen LogP contribution in [0.4, 0.5) is 10.5 Å². The van der Waals surface area contributed by atoms with Crippen molar-refractivity contribution in [2.45, 2.75) is 13.5 Å². The van der Waals surface area contributed by atoms with Gasteiger partial charge in [-0.05, 0) is 25.1 Å². The minimum absolute atomic E-state index is 0.253. The Labute approximate surface area is 150 Å². The number of hydrogen-bond donors (Lipinski definition) is 0. The highest BCUT2D eigenvalue weighted by Gasteiger charge is 2.14. The summed E-state index contributed by atoms with van der Waals surface area (Å²) in [7, 11) is 3.00. The van der Waals surface area contributed by atoms with E-state index in [4.69, 9.17) is 9.57 Å². The molecule has 0 radical (unpaired) electrons. The van der Waals surface area contributed by atoms with Crippen LogP contribution in [-0.2, 0) is 16.2 Å². The van der Waals surface area contributed by atoms with E-state index in [-0.39, 0.29) is 6.61 Å². The molecule has 0 bridgehead atoms. The fourth-order valence-electron chi connectivity index (χ4n) is 2.16. The van der Waals surface area contributed by atoms with Crippen LogP contribution in [0.2, 0.25) is 0 Å². The van der Waals surface area contributed by atoms with Gasteiger partial charge in [0.25, 0.3) is 0 Å². The fraction of sp³-hybridized carbons (Fsp3) is 0.222. The average Bonchev–Trinajstić information content (AvgIpc) is 2.60. The van der Waals surface area contributed by atoms with E-state index in [0.717, 1.165) is 27.0 Å². The lowest BCUT2D eigenvalue weighted by atomic mass is 10.1. The molecule has 1 amide bonds. The lowest BCUT2D eigenvalue weighted by molar-refractivity contribution is 0.130. The van der Waals surface area contributed by atoms with Crippen LogP contribution >= 0.6 is 15.9 Å². The second-order valence-corrected chi connectivity index (χ2v) is 6.03. The van der Waals surface area contributed by atoms with E-state index in [1.54, 1.807) is 7.05 Å². The van der Waals surface area contributed by atoms with Crippen LogP contribution in [-0.4, -0.2) is 26.0 Å². The summed E-state index contributed by atoms with van der Waals surface area (Å²) in [6.07, 6.45) is -0.434. The number of halogens is 1. The third kappa shape index (κ3) is 4.58. The number of hydrogen-bond acceptors (Lipinski definition) is 4. The molecule has 0 aliphatic heterocycles. The van der Waals surface area contributed by atoms with Crippen molar-refractivity contribution in [1.29, 1.82) is 0 Å². The largest absolute Gasteiger partial charge is 0.452 e. The minimum atomic E-state index is -0.434. The highest BCUT2D eigenvalue weighted by Crippen LogP contribution is 2.21. The van der Waals surface area contributed by atoms with Crippen LogP contribution in [0.15, 0.2) is 58.2 Å². The van der Waals surface area contributed by atoms with Crippen LogP contribution in [0.25, 0.3) is 0 Å². The molecule has 0 fully saturated rings. The summed E-state index contributed by atoms with van der Waals surface area (Å²) in [4.78, 5) is 18.6. The van der Waals surface area contributed by atoms with Crippen molar-refractivity contribution in [3.8, 4) is 0 Å². The van der Waals surface area contributed by atoms with E-state index in [1.807, 2.05) is 55.5 Å². The first-order chi connectivity index (χ1) is 11.5. The van der Waals surface area contributed by atoms with Gasteiger partial charge in [-0.1, -0.05) is 51.4 Å². The monoisotopic (exact) mass is 390 g/mol. The van der Waals surface area contributed by atoms with E-state index in [0.29, 0.717) is 0 Å². The molecule has 0 saturated carbocycles. The molecule has 0 spiro atoms. The lowest BCUT2D eigenvalue weighted by Crippen LogP contribution is -2.26. The molecule has 0 aliphatic carbocycles. The van der Waals surface area contributed by atoms with Crippen LogP contribution < -0.4 is 4.90 Å². The highest BCUT2D eigenvalue weighted by molar-refractivity contribution is 9.10. The molecule has 0 aromatic heterocycles. The number of anilines is 1. The molecule has 0 unspecified atom stereocenters. The molecular weight excluding hydrogens is 372 g/mol. The topological polar surface area (TPSA) is 51.1 Å². The summed E-state index contributed by atoms with van der Waals surface area (Å²) in [6.45, 7) is 2.14. The van der Waals surface area contributed by atoms with Gasteiger partial charge < -0.3 is 9.57 Å². The minimum Gasteiger partial charge on any atom is -0.452 e. The quantitative estimate of drug-likeness (QED) is 0.553. The van der Waals surface area contributed by atoms with Crippen molar-refractivity contribution in [2.75, 3.05) is 19.1 Å². The molecule has 24 heavy (non-hydrogen) atoms. The summed E-state index contributed by atoms with van der Waals surface area (Å²) in [5, 5.41) is 4.16. The van der Waals surface area contributed by atoms with Crippen LogP contribution in [0.5, 0.6) is 0 Å². The Morgan fingerprint density at radius 1 is 1.21 bits per heavy atom. The number of ether oxygens (including phenoxy) is 1. The summed E-state index contributed by atoms with van der Waals surface area (Å²) in [5.74, 6) is 0. The first-order valence-electron chi connectivity index (χ1n) is 7.35. The number of oxime groups is 1. The molecule has 0 atom stereocenters. The number of rotatable bonds is 5. The summed E-state index contributed by atoms with van der Waals surface area (Å²) >= 11 is 3.44. The first-order valence-corrected chi connectivity index (χ1v) is 8.14. The highest BCUT2D eigenvalue weighted by atomic mass is 79.9. The Morgan fingerprint density at radius 2 is 1.96 bits per heavy atom. The van der Waals surface area contributed by atoms with Crippen molar-refractivity contribution >= 4 is 33.4 Å². The van der Waals surface area contributed by atoms with E-state index < -0.39 is 6.09 Å². The number of carbonyl (C=O) groups is 1. The Hall–Kier alpha value is -2.34. The van der Waals surface area contributed by atoms with E-state index in [2.05, 4.69) is 21.1 Å². The van der Waals surface area contributed by atoms with Gasteiger partial charge in [-0.3, -0.25) is 4.90 Å². The maximum absolute atomic E-state index is 11.7. The predicted molar refractivity (Wildman–Crippen MR) is 98.4 cm³/mol. The molecule has 5 nitrogen and oxygen atoms in total. The lowest BCUT2D eigenvalue weighted by Gasteiger charge is -2.18. The zero-order chi connectivity index (χ0) is 17.5. The van der Waals surface area contributed by atoms with Gasteiger partial charge in [0, 0.05) is 22.6 Å². The number of methoxy groups -OCH3 is 1. The normalized spacial score (nSPS) is 11.1. The molecule has 2 aromatic carbocycles. The molecule has 2 rings (SSSR count). The average molecular weight is 391 g/mol. The van der Waals surface area contributed by atoms with Crippen molar-refractivity contribution in [3.05, 3.63) is 64.1 Å². The number of amides is 1. The standard InChI is InChI=1S/C18H19BrN2O3/c1-13(14-8-6-9-16(19)11-14)20-24-12-15-7-4-5-10-17(15)21(2)18(22)23-3/h4-11H,12H2,1-3H3. The van der Waals surface area contributed by atoms with Crippen LogP contribution in [0.3, 0.4) is 0 Å². The Kier molecular flexibility index (Phi) is 6.37. The predicted octanol–water partition coefficient (Wildman–Crippen LogP) is 4.59. The number of nitrogens with zero attached hydrogens (tertiary/aromatic N) is 2. The second-order valence-electron chi connectivity index (χ2n) is 5.12. The Balaban J connectivity index is 2.10. The van der Waals surface area contributed by atoms with Crippen molar-refractivity contribution < 1.29 is 14.4 Å². The van der Waals surface area contributed by atoms with Gasteiger partial charge in [-0.2, -0.15) is 0 Å². The molecule has 6 heteroatoms. The van der Waals surface area contributed by atoms with E-state index in [9.17, 15) is 4.79 Å². The third-order valence-corrected chi connectivity index (χ3v) is 3.96. The summed E-state index contributed by atoms with van der Waals surface area (Å²) in [6, 6.07) is 15.3. The first kappa shape index (κ1) is 18.0. The fourth-order valence-corrected chi connectivity index (χ4v) is 2.56. The Bertz CT molecular complexity index is 747. The molecular formula is C18H19BrN2O3. The Morgan fingerprint density at radius 3 is 2.67 bits per heavy atom. The van der Waals surface area contributed by atoms with Gasteiger partial charge in [-0.15, -0.1) is 0 Å². The maximum atomic E-state index is 11.7. The van der Waals surface area contributed by atoms with Crippen LogP contribution in [0, 0.1) is 0 Å². The second kappa shape index (κ2) is 8.49. The summed E-state index contributed by atoms with van der Waals surface area (Å²) in [5.41, 5.74) is 3.32. The summed E-state index contributed by atoms with van der Waals surface area (Å²) < 4.78 is 5.73. The van der Waals surface area contributed by atoms with Gasteiger partial charge in [0.1, 0.15) is 6.61 Å². The van der Waals surface area contributed by atoms with Crippen molar-refractivity contribution in [2.24, 2.45) is 5.16 Å². The SMILES string of the molecule is COC(=O)N(C)c1ccccc1CON=C(C)c1cccc(Br)c1. The van der Waals surface area contributed by atoms with E-state index >= 15 is 0 Å². The van der Waals surface area contributed by atoms with Gasteiger partial charge >= 0.3 is 6.09 Å². The maximum Gasteiger partial charge on any atom is 0.413 e. The molecule has 0 N–H and O–H groups in total. The van der Waals surface area contributed by atoms with Crippen LogP contribution in [0.1, 0.15) is 18.1 Å². The van der Waals surface area contributed by atoms with Crippen molar-refractivity contribution in [3.63, 3.8) is 0 Å². The van der Waals surface area contributed by atoms with Gasteiger partial charge in [0.15, 0.2) is 0 Å². The molecule has 0 saturated heterocycles. The smallest absolute Gasteiger partial charge is 0.413 e. The molecule has 126 valence electrons. The third-order valence-electron chi connectivity index (χ3n) is 3.47.